The number of benzene rings is 2. The Kier molecular flexibility index (Phi) is 4.26. The third kappa shape index (κ3) is 3.39. The Morgan fingerprint density at radius 1 is 1.11 bits per heavy atom. The monoisotopic (exact) mass is 258 g/mol. The molecule has 0 aliphatic carbocycles. The van der Waals surface area contributed by atoms with Gasteiger partial charge in [-0.2, -0.15) is 0 Å². The fourth-order valence-corrected chi connectivity index (χ4v) is 1.80. The van der Waals surface area contributed by atoms with Crippen molar-refractivity contribution in [1.29, 1.82) is 0 Å². The van der Waals surface area contributed by atoms with Gasteiger partial charge in [0.05, 0.1) is 0 Å². The lowest BCUT2D eigenvalue weighted by atomic mass is 10.1. The number of hydrogen-bond acceptors (Lipinski definition) is 2. The molecule has 0 aliphatic rings. The van der Waals surface area contributed by atoms with Gasteiger partial charge in [0.15, 0.2) is 0 Å². The number of nitrogens with two attached hydrogens (primary N) is 1. The first-order chi connectivity index (χ1) is 9.20. The molecular weight excluding hydrogens is 243 g/mol. The lowest BCUT2D eigenvalue weighted by molar-refractivity contribution is 0.0950. The molecule has 1 amide bonds. The van der Waals surface area contributed by atoms with Gasteiger partial charge in [-0.3, -0.25) is 4.79 Å². The van der Waals surface area contributed by atoms with Crippen LogP contribution >= 0.6 is 0 Å². The van der Waals surface area contributed by atoms with E-state index in [1.54, 1.807) is 24.3 Å². The maximum absolute atomic E-state index is 12.7. The lowest BCUT2D eigenvalue weighted by Crippen LogP contribution is -2.24. The molecular formula is C15H15FN2O. The molecule has 0 saturated heterocycles. The van der Waals surface area contributed by atoms with Crippen LogP contribution in [0.4, 0.5) is 4.39 Å². The van der Waals surface area contributed by atoms with E-state index in [-0.39, 0.29) is 11.7 Å². The molecule has 98 valence electrons. The fourth-order valence-electron chi connectivity index (χ4n) is 1.80. The van der Waals surface area contributed by atoms with Gasteiger partial charge in [-0.15, -0.1) is 0 Å². The van der Waals surface area contributed by atoms with Gasteiger partial charge in [0.2, 0.25) is 0 Å². The van der Waals surface area contributed by atoms with Crippen LogP contribution in [0, 0.1) is 5.82 Å². The van der Waals surface area contributed by atoms with Crippen LogP contribution in [-0.2, 0) is 13.1 Å². The van der Waals surface area contributed by atoms with Crippen LogP contribution < -0.4 is 11.1 Å². The van der Waals surface area contributed by atoms with Gasteiger partial charge in [0.25, 0.3) is 5.91 Å². The Morgan fingerprint density at radius 3 is 2.47 bits per heavy atom. The molecule has 0 saturated carbocycles. The average molecular weight is 258 g/mol. The zero-order chi connectivity index (χ0) is 13.7. The summed E-state index contributed by atoms with van der Waals surface area (Å²) in [6.45, 7) is 0.679. The number of rotatable bonds is 4. The second kappa shape index (κ2) is 6.11. The van der Waals surface area contributed by atoms with Gasteiger partial charge in [0, 0.05) is 18.7 Å². The highest BCUT2D eigenvalue weighted by atomic mass is 19.1. The summed E-state index contributed by atoms with van der Waals surface area (Å²) in [5.74, 6) is -0.464. The van der Waals surface area contributed by atoms with Gasteiger partial charge in [-0.25, -0.2) is 4.39 Å². The van der Waals surface area contributed by atoms with Gasteiger partial charge in [-0.05, 0) is 29.3 Å². The van der Waals surface area contributed by atoms with Crippen molar-refractivity contribution in [2.75, 3.05) is 0 Å². The minimum atomic E-state index is -0.288. The minimum absolute atomic E-state index is 0.176. The third-order valence-corrected chi connectivity index (χ3v) is 2.85. The topological polar surface area (TPSA) is 55.1 Å². The van der Waals surface area contributed by atoms with Crippen molar-refractivity contribution in [3.63, 3.8) is 0 Å². The molecule has 0 heterocycles. The van der Waals surface area contributed by atoms with E-state index >= 15 is 0 Å². The highest BCUT2D eigenvalue weighted by Gasteiger charge is 2.09. The standard InChI is InChI=1S/C15H15FN2O/c16-13-7-5-11(6-8-13)10-18-15(19)14-4-2-1-3-12(14)9-17/h1-8H,9-10,17H2,(H,18,19). The largest absolute Gasteiger partial charge is 0.348 e. The van der Waals surface area contributed by atoms with Gasteiger partial charge in [-0.1, -0.05) is 30.3 Å². The Hall–Kier alpha value is -2.20. The summed E-state index contributed by atoms with van der Waals surface area (Å²) in [6.07, 6.45) is 0. The van der Waals surface area contributed by atoms with Gasteiger partial charge < -0.3 is 11.1 Å². The van der Waals surface area contributed by atoms with E-state index < -0.39 is 0 Å². The van der Waals surface area contributed by atoms with Crippen LogP contribution in [0.3, 0.4) is 0 Å². The molecule has 0 fully saturated rings. The number of halogens is 1. The van der Waals surface area contributed by atoms with Crippen LogP contribution in [0.1, 0.15) is 21.5 Å². The Balaban J connectivity index is 2.03. The molecule has 4 heteroatoms. The highest BCUT2D eigenvalue weighted by molar-refractivity contribution is 5.95. The fraction of sp³-hybridized carbons (Fsp3) is 0.133. The smallest absolute Gasteiger partial charge is 0.251 e. The molecule has 2 rings (SSSR count). The maximum atomic E-state index is 12.7. The second-order valence-electron chi connectivity index (χ2n) is 4.17. The quantitative estimate of drug-likeness (QED) is 0.883. The van der Waals surface area contributed by atoms with E-state index in [0.29, 0.717) is 18.7 Å². The number of carbonyl (C=O) groups is 1. The normalized spacial score (nSPS) is 10.2. The van der Waals surface area contributed by atoms with Crippen LogP contribution in [0.5, 0.6) is 0 Å². The van der Waals surface area contributed by atoms with Crippen molar-refractivity contribution in [3.05, 3.63) is 71.0 Å². The summed E-state index contributed by atoms with van der Waals surface area (Å²) in [6, 6.07) is 13.2. The summed E-state index contributed by atoms with van der Waals surface area (Å²) in [7, 11) is 0. The molecule has 0 unspecified atom stereocenters. The highest BCUT2D eigenvalue weighted by Crippen LogP contribution is 2.08. The lowest BCUT2D eigenvalue weighted by Gasteiger charge is -2.08. The predicted octanol–water partition coefficient (Wildman–Crippen LogP) is 2.21. The van der Waals surface area contributed by atoms with Crippen molar-refractivity contribution in [2.45, 2.75) is 13.1 Å². The minimum Gasteiger partial charge on any atom is -0.348 e. The van der Waals surface area contributed by atoms with Crippen LogP contribution in [0.25, 0.3) is 0 Å². The van der Waals surface area contributed by atoms with E-state index in [2.05, 4.69) is 5.32 Å². The molecule has 0 spiro atoms. The first-order valence-corrected chi connectivity index (χ1v) is 6.01. The molecule has 19 heavy (non-hydrogen) atoms. The summed E-state index contributed by atoms with van der Waals surface area (Å²) < 4.78 is 12.7. The van der Waals surface area contributed by atoms with Crippen molar-refractivity contribution in [3.8, 4) is 0 Å². The summed E-state index contributed by atoms with van der Waals surface area (Å²) in [5.41, 5.74) is 7.82. The average Bonchev–Trinajstić information content (AvgIpc) is 2.46. The Labute approximate surface area is 111 Å². The molecule has 0 bridgehead atoms. The van der Waals surface area contributed by atoms with E-state index in [9.17, 15) is 9.18 Å². The summed E-state index contributed by atoms with van der Waals surface area (Å²) in [4.78, 5) is 12.0. The number of nitrogens with one attached hydrogen (secondary N) is 1. The van der Waals surface area contributed by atoms with E-state index in [0.717, 1.165) is 11.1 Å². The predicted molar refractivity (Wildman–Crippen MR) is 71.9 cm³/mol. The first kappa shape index (κ1) is 13.2. The van der Waals surface area contributed by atoms with Crippen molar-refractivity contribution < 1.29 is 9.18 Å². The molecule has 3 N–H and O–H groups in total. The molecule has 3 nitrogen and oxygen atoms in total. The van der Waals surface area contributed by atoms with Crippen molar-refractivity contribution in [1.82, 2.24) is 5.32 Å². The van der Waals surface area contributed by atoms with Crippen LogP contribution in [-0.4, -0.2) is 5.91 Å². The van der Waals surface area contributed by atoms with Gasteiger partial charge >= 0.3 is 0 Å². The Morgan fingerprint density at radius 2 is 1.79 bits per heavy atom. The van der Waals surface area contributed by atoms with Crippen molar-refractivity contribution >= 4 is 5.91 Å². The van der Waals surface area contributed by atoms with Crippen LogP contribution in [0.2, 0.25) is 0 Å². The number of amides is 1. The van der Waals surface area contributed by atoms with E-state index in [1.165, 1.54) is 12.1 Å². The molecule has 0 atom stereocenters. The second-order valence-corrected chi connectivity index (χ2v) is 4.17. The van der Waals surface area contributed by atoms with E-state index in [4.69, 9.17) is 5.73 Å². The molecule has 0 aliphatic heterocycles. The number of carbonyl (C=O) groups excluding carboxylic acids is 1. The van der Waals surface area contributed by atoms with E-state index in [1.807, 2.05) is 12.1 Å². The van der Waals surface area contributed by atoms with Gasteiger partial charge in [0.1, 0.15) is 5.82 Å². The zero-order valence-corrected chi connectivity index (χ0v) is 10.4. The molecule has 2 aromatic rings. The zero-order valence-electron chi connectivity index (χ0n) is 10.4. The first-order valence-electron chi connectivity index (χ1n) is 6.01. The third-order valence-electron chi connectivity index (χ3n) is 2.85. The molecule has 2 aromatic carbocycles. The van der Waals surface area contributed by atoms with Crippen molar-refractivity contribution in [2.24, 2.45) is 5.73 Å². The maximum Gasteiger partial charge on any atom is 0.251 e. The Bertz CT molecular complexity index is 567. The SMILES string of the molecule is NCc1ccccc1C(=O)NCc1ccc(F)cc1. The van der Waals surface area contributed by atoms with Crippen LogP contribution in [0.15, 0.2) is 48.5 Å². The summed E-state index contributed by atoms with van der Waals surface area (Å²) >= 11 is 0. The number of hydrogen-bond donors (Lipinski definition) is 2. The summed E-state index contributed by atoms with van der Waals surface area (Å²) in [5, 5.41) is 2.79. The molecule has 0 aromatic heterocycles. The molecule has 0 radical (unpaired) electrons.